The van der Waals surface area contributed by atoms with Gasteiger partial charge in [-0.25, -0.2) is 5.84 Å². The van der Waals surface area contributed by atoms with Gasteiger partial charge in [-0.3, -0.25) is 4.98 Å². The van der Waals surface area contributed by atoms with Crippen LogP contribution in [0.4, 0.5) is 0 Å². The molecule has 7 nitrogen and oxygen atoms in total. The van der Waals surface area contributed by atoms with Crippen molar-refractivity contribution in [1.82, 2.24) is 14.6 Å². The highest BCUT2D eigenvalue weighted by atomic mass is 35.5. The van der Waals surface area contributed by atoms with Gasteiger partial charge < -0.3 is 25.2 Å². The van der Waals surface area contributed by atoms with E-state index in [1.807, 2.05) is 68.4 Å². The third-order valence-corrected chi connectivity index (χ3v) is 7.24. The second-order valence-corrected chi connectivity index (χ2v) is 10.9. The van der Waals surface area contributed by atoms with Crippen molar-refractivity contribution in [3.8, 4) is 0 Å². The number of halogens is 2. The van der Waals surface area contributed by atoms with Gasteiger partial charge in [0.2, 0.25) is 0 Å². The van der Waals surface area contributed by atoms with Crippen LogP contribution in [0.1, 0.15) is 51.7 Å². The van der Waals surface area contributed by atoms with Crippen molar-refractivity contribution in [1.29, 1.82) is 0 Å². The van der Waals surface area contributed by atoms with Crippen LogP contribution in [0.25, 0.3) is 27.6 Å². The van der Waals surface area contributed by atoms with E-state index in [0.717, 1.165) is 60.1 Å². The Bertz CT molecular complexity index is 1390. The van der Waals surface area contributed by atoms with E-state index in [9.17, 15) is 5.11 Å². The summed E-state index contributed by atoms with van der Waals surface area (Å²) in [5.41, 5.74) is 9.45. The fourth-order valence-corrected chi connectivity index (χ4v) is 5.49. The smallest absolute Gasteiger partial charge is 0.125 e. The van der Waals surface area contributed by atoms with Crippen LogP contribution in [0.5, 0.6) is 0 Å². The molecule has 0 unspecified atom stereocenters. The first-order valence-electron chi connectivity index (χ1n) is 13.6. The van der Waals surface area contributed by atoms with Crippen LogP contribution in [0.2, 0.25) is 5.02 Å². The van der Waals surface area contributed by atoms with Gasteiger partial charge in [-0.1, -0.05) is 73.4 Å². The minimum absolute atomic E-state index is 0.0931. The lowest BCUT2D eigenvalue weighted by Gasteiger charge is -2.24. The maximum Gasteiger partial charge on any atom is 0.125 e. The number of aromatic nitrogens is 2. The molecule has 2 aromatic carbocycles. The third-order valence-electron chi connectivity index (χ3n) is 6.75. The second kappa shape index (κ2) is 14.2. The number of aliphatic hydroxyl groups is 1. The van der Waals surface area contributed by atoms with Crippen LogP contribution in [-0.4, -0.2) is 39.9 Å². The van der Waals surface area contributed by atoms with Crippen LogP contribution < -0.4 is 11.6 Å². The fourth-order valence-electron chi connectivity index (χ4n) is 4.85. The maximum atomic E-state index is 10.7. The summed E-state index contributed by atoms with van der Waals surface area (Å²) >= 11 is 12.7. The van der Waals surface area contributed by atoms with Crippen LogP contribution in [-0.2, 0) is 16.9 Å². The molecule has 1 aliphatic rings. The largest absolute Gasteiger partial charge is 0.388 e. The van der Waals surface area contributed by atoms with Crippen molar-refractivity contribution in [2.75, 3.05) is 20.3 Å². The van der Waals surface area contributed by atoms with Gasteiger partial charge in [-0.05, 0) is 50.8 Å². The van der Waals surface area contributed by atoms with Crippen LogP contribution in [0, 0.1) is 5.92 Å². The van der Waals surface area contributed by atoms with E-state index in [1.165, 1.54) is 5.01 Å². The number of hydrogen-bond donors (Lipinski definition) is 3. The van der Waals surface area contributed by atoms with Gasteiger partial charge in [0.05, 0.1) is 27.8 Å². The molecular weight excluding hydrogens is 545 g/mol. The number of ether oxygens (including phenoxy) is 1. The number of nitrogens with zero attached hydrogens (tertiary/aromatic N) is 3. The van der Waals surface area contributed by atoms with Gasteiger partial charge in [-0.15, -0.1) is 0 Å². The van der Waals surface area contributed by atoms with E-state index < -0.39 is 5.60 Å². The van der Waals surface area contributed by atoms with Gasteiger partial charge in [0.25, 0.3) is 0 Å². The van der Waals surface area contributed by atoms with Crippen LogP contribution >= 0.6 is 23.2 Å². The van der Waals surface area contributed by atoms with Gasteiger partial charge in [0.15, 0.2) is 0 Å². The molecule has 1 aliphatic heterocycles. The molecule has 5 N–H and O–H groups in total. The van der Waals surface area contributed by atoms with Crippen molar-refractivity contribution < 1.29 is 9.84 Å². The Morgan fingerprint density at radius 1 is 1.07 bits per heavy atom. The van der Waals surface area contributed by atoms with E-state index in [1.54, 1.807) is 27.1 Å². The van der Waals surface area contributed by atoms with Crippen molar-refractivity contribution in [2.45, 2.75) is 52.7 Å². The molecule has 0 bridgehead atoms. The molecular formula is C31H41Cl2N5O2. The van der Waals surface area contributed by atoms with E-state index in [-0.39, 0.29) is 5.16 Å². The van der Waals surface area contributed by atoms with E-state index in [4.69, 9.17) is 44.5 Å². The Morgan fingerprint density at radius 3 is 2.15 bits per heavy atom. The molecule has 40 heavy (non-hydrogen) atoms. The maximum absolute atomic E-state index is 10.7. The lowest BCUT2D eigenvalue weighted by molar-refractivity contribution is 0.0619. The number of hydrazine groups is 1. The topological polar surface area (TPSA) is 103 Å². The minimum Gasteiger partial charge on any atom is -0.388 e. The highest BCUT2D eigenvalue weighted by Gasteiger charge is 2.25. The lowest BCUT2D eigenvalue weighted by atomic mass is 9.97. The molecule has 0 amide bonds. The number of pyridine rings is 1. The monoisotopic (exact) mass is 585 g/mol. The zero-order valence-electron chi connectivity index (χ0n) is 24.0. The number of benzene rings is 2. The summed E-state index contributed by atoms with van der Waals surface area (Å²) in [6.45, 7) is 9.80. The standard InChI is InChI=1S/C23H29Cl2N5O2.C6H6.C2H6/c1-23(2,31)16-10-18-15(9-17(16)24)20-19(30(18)12-13-4-6-32-7-5-13)8-14(11-28-20)21(22(25)26)29(3)27;1-2-4-6-5-3-1;1-2/h8-11,13,31H,4-7,12,26-27H2,1-3H3;1-6H;1-2H3/b22-21-;;. The molecule has 1 fully saturated rings. The van der Waals surface area contributed by atoms with Gasteiger partial charge in [0, 0.05) is 54.5 Å². The van der Waals surface area contributed by atoms with Crippen molar-refractivity contribution >= 4 is 50.8 Å². The summed E-state index contributed by atoms with van der Waals surface area (Å²) in [5, 5.41) is 13.6. The molecule has 216 valence electrons. The second-order valence-electron chi connectivity index (χ2n) is 10.1. The molecule has 2 aromatic heterocycles. The highest BCUT2D eigenvalue weighted by Crippen LogP contribution is 2.38. The fraction of sp³-hybridized carbons (Fsp3) is 0.387. The highest BCUT2D eigenvalue weighted by molar-refractivity contribution is 6.33. The molecule has 0 spiro atoms. The Morgan fingerprint density at radius 2 is 1.65 bits per heavy atom. The summed E-state index contributed by atoms with van der Waals surface area (Å²) in [4.78, 5) is 4.74. The van der Waals surface area contributed by atoms with Crippen molar-refractivity contribution in [2.24, 2.45) is 17.5 Å². The molecule has 0 aliphatic carbocycles. The predicted molar refractivity (Wildman–Crippen MR) is 168 cm³/mol. The molecule has 0 radical (unpaired) electrons. The van der Waals surface area contributed by atoms with Gasteiger partial charge in [-0.2, -0.15) is 0 Å². The number of rotatable bonds is 5. The molecule has 5 rings (SSSR count). The molecule has 3 heterocycles. The first kappa shape index (κ1) is 31.7. The lowest BCUT2D eigenvalue weighted by Crippen LogP contribution is -2.26. The Labute approximate surface area is 247 Å². The molecule has 0 atom stereocenters. The number of nitrogens with two attached hydrogens (primary N) is 2. The molecule has 9 heteroatoms. The van der Waals surface area contributed by atoms with Crippen molar-refractivity contribution in [3.63, 3.8) is 0 Å². The minimum atomic E-state index is -1.07. The average molecular weight is 587 g/mol. The zero-order valence-corrected chi connectivity index (χ0v) is 25.5. The first-order valence-corrected chi connectivity index (χ1v) is 14.4. The predicted octanol–water partition coefficient (Wildman–Crippen LogP) is 6.84. The van der Waals surface area contributed by atoms with Crippen LogP contribution in [0.3, 0.4) is 0 Å². The summed E-state index contributed by atoms with van der Waals surface area (Å²) < 4.78 is 7.80. The number of hydrogen-bond acceptors (Lipinski definition) is 6. The molecule has 1 saturated heterocycles. The average Bonchev–Trinajstić information content (AvgIpc) is 3.22. The van der Waals surface area contributed by atoms with E-state index in [2.05, 4.69) is 4.57 Å². The SMILES string of the molecule is CC.CN(N)/C(=C(\N)Cl)c1cnc2c3cc(Cl)c(C(C)(C)O)cc3n(CC3CCOCC3)c2c1.c1ccccc1. The Hall–Kier alpha value is -2.81. The Balaban J connectivity index is 0.000000481. The quantitative estimate of drug-likeness (QED) is 0.135. The summed E-state index contributed by atoms with van der Waals surface area (Å²) in [7, 11) is 1.68. The normalized spacial score (nSPS) is 14.6. The van der Waals surface area contributed by atoms with E-state index >= 15 is 0 Å². The zero-order chi connectivity index (χ0) is 29.4. The first-order chi connectivity index (χ1) is 19.1. The van der Waals surface area contributed by atoms with Crippen molar-refractivity contribution in [3.05, 3.63) is 82.1 Å². The third kappa shape index (κ3) is 7.47. The summed E-state index contributed by atoms with van der Waals surface area (Å²) in [6.07, 6.45) is 3.70. The van der Waals surface area contributed by atoms with Crippen LogP contribution in [0.15, 0.2) is 66.0 Å². The van der Waals surface area contributed by atoms with E-state index in [0.29, 0.717) is 22.2 Å². The van der Waals surface area contributed by atoms with Gasteiger partial charge >= 0.3 is 0 Å². The van der Waals surface area contributed by atoms with Gasteiger partial charge in [0.1, 0.15) is 5.16 Å². The Kier molecular flexibility index (Phi) is 11.3. The molecule has 0 saturated carbocycles. The number of fused-ring (bicyclic) bond motifs is 3. The summed E-state index contributed by atoms with van der Waals surface area (Å²) in [6, 6.07) is 17.9. The summed E-state index contributed by atoms with van der Waals surface area (Å²) in [5.74, 6) is 6.45. The molecule has 4 aromatic rings.